The van der Waals surface area contributed by atoms with Crippen LogP contribution in [0, 0.1) is 0 Å². The lowest BCUT2D eigenvalue weighted by Gasteiger charge is -2.36. The normalized spacial score (nSPS) is 24.8. The van der Waals surface area contributed by atoms with Crippen molar-refractivity contribution in [2.45, 2.75) is 7.43 Å². The van der Waals surface area contributed by atoms with Crippen molar-refractivity contribution >= 4 is 30.4 Å². The highest BCUT2D eigenvalue weighted by Gasteiger charge is 2.24. The van der Waals surface area contributed by atoms with E-state index in [0.717, 1.165) is 0 Å². The molecule has 0 spiro atoms. The molecule has 112 valence electrons. The molecule has 0 saturated heterocycles. The summed E-state index contributed by atoms with van der Waals surface area (Å²) in [5.74, 6) is -1.87. The number of hydrogen-bond acceptors (Lipinski definition) is 10. The molecule has 18 heavy (non-hydrogen) atoms. The molecule has 0 heterocycles. The SMILES string of the molecule is C.CP(=O)([O-])OP(=O)([O-])CP(=O)([O-])OP(C)(=O)[O-]. The van der Waals surface area contributed by atoms with E-state index in [1.807, 2.05) is 0 Å². The molecular formula is C4H12O10P4-4. The highest BCUT2D eigenvalue weighted by atomic mass is 31.3. The van der Waals surface area contributed by atoms with Crippen LogP contribution in [0.15, 0.2) is 0 Å². The van der Waals surface area contributed by atoms with Crippen LogP contribution in [0.1, 0.15) is 7.43 Å². The Morgan fingerprint density at radius 3 is 1.17 bits per heavy atom. The Hall–Kier alpha value is 0.680. The molecular weight excluding hydrogens is 332 g/mol. The Kier molecular flexibility index (Phi) is 7.49. The zero-order valence-corrected chi connectivity index (χ0v) is 12.2. The summed E-state index contributed by atoms with van der Waals surface area (Å²) in [6.07, 6.45) is 0. The molecule has 0 aliphatic carbocycles. The van der Waals surface area contributed by atoms with E-state index in [1.54, 1.807) is 0 Å². The third kappa shape index (κ3) is 11.8. The summed E-state index contributed by atoms with van der Waals surface area (Å²) in [5.41, 5.74) is 0. The molecule has 10 nitrogen and oxygen atoms in total. The first kappa shape index (κ1) is 21.0. The monoisotopic (exact) mass is 344 g/mol. The maximum absolute atomic E-state index is 10.9. The smallest absolute Gasteiger partial charge is 0.149 e. The molecule has 0 aliphatic rings. The molecule has 0 aromatic carbocycles. The summed E-state index contributed by atoms with van der Waals surface area (Å²) in [6, 6.07) is 0. The second kappa shape index (κ2) is 6.42. The summed E-state index contributed by atoms with van der Waals surface area (Å²) in [5, 5.41) is 0. The van der Waals surface area contributed by atoms with Crippen molar-refractivity contribution < 1.29 is 46.5 Å². The molecule has 0 aliphatic heterocycles. The number of rotatable bonds is 6. The predicted molar refractivity (Wildman–Crippen MR) is 56.0 cm³/mol. The van der Waals surface area contributed by atoms with Gasteiger partial charge in [-0.3, -0.25) is 8.62 Å². The van der Waals surface area contributed by atoms with Crippen LogP contribution in [0.2, 0.25) is 0 Å². The largest absolute Gasteiger partial charge is 0.778 e. The van der Waals surface area contributed by atoms with Gasteiger partial charge in [-0.15, -0.1) is 0 Å². The lowest BCUT2D eigenvalue weighted by atomic mass is 11.9. The van der Waals surface area contributed by atoms with Gasteiger partial charge < -0.3 is 37.8 Å². The average molecular weight is 344 g/mol. The average Bonchev–Trinajstić information content (AvgIpc) is 1.65. The fourth-order valence-electron chi connectivity index (χ4n) is 0.716. The van der Waals surface area contributed by atoms with Crippen LogP contribution in [0.4, 0.5) is 0 Å². The molecule has 0 fully saturated rings. The lowest BCUT2D eigenvalue weighted by Crippen LogP contribution is -2.17. The van der Waals surface area contributed by atoms with E-state index in [1.165, 1.54) is 0 Å². The quantitative estimate of drug-likeness (QED) is 0.547. The highest BCUT2D eigenvalue weighted by molar-refractivity contribution is 7.76. The van der Waals surface area contributed by atoms with Crippen LogP contribution >= 0.6 is 30.4 Å². The fraction of sp³-hybridized carbons (Fsp3) is 1.00. The second-order valence-corrected chi connectivity index (χ2v) is 11.0. The van der Waals surface area contributed by atoms with E-state index < -0.39 is 36.3 Å². The highest BCUT2D eigenvalue weighted by Crippen LogP contribution is 2.63. The summed E-state index contributed by atoms with van der Waals surface area (Å²) in [4.78, 5) is 42.9. The first-order valence-electron chi connectivity index (χ1n) is 3.72. The van der Waals surface area contributed by atoms with Gasteiger partial charge in [0, 0.05) is 13.3 Å². The van der Waals surface area contributed by atoms with Gasteiger partial charge >= 0.3 is 0 Å². The first-order valence-corrected chi connectivity index (χ1v) is 11.2. The van der Waals surface area contributed by atoms with Gasteiger partial charge in [0.05, 0.1) is 5.90 Å². The van der Waals surface area contributed by atoms with E-state index in [9.17, 15) is 37.8 Å². The van der Waals surface area contributed by atoms with Crippen LogP contribution in [-0.4, -0.2) is 19.2 Å². The Morgan fingerprint density at radius 2 is 1.00 bits per heavy atom. The zero-order chi connectivity index (χ0) is 14.1. The van der Waals surface area contributed by atoms with E-state index >= 15 is 0 Å². The van der Waals surface area contributed by atoms with Crippen LogP contribution < -0.4 is 19.6 Å². The van der Waals surface area contributed by atoms with Crippen molar-refractivity contribution in [1.29, 1.82) is 0 Å². The van der Waals surface area contributed by atoms with Gasteiger partial charge in [-0.1, -0.05) is 7.43 Å². The predicted octanol–water partition coefficient (Wildman–Crippen LogP) is -0.914. The molecule has 14 heteroatoms. The molecule has 0 rings (SSSR count). The molecule has 0 saturated carbocycles. The molecule has 0 aromatic heterocycles. The van der Waals surface area contributed by atoms with E-state index in [2.05, 4.69) is 8.62 Å². The van der Waals surface area contributed by atoms with Gasteiger partial charge in [-0.25, -0.2) is 0 Å². The van der Waals surface area contributed by atoms with Crippen molar-refractivity contribution in [2.75, 3.05) is 19.2 Å². The fourth-order valence-corrected chi connectivity index (χ4v) is 7.37. The maximum atomic E-state index is 10.9. The summed E-state index contributed by atoms with van der Waals surface area (Å²) < 4.78 is 49.9. The van der Waals surface area contributed by atoms with Crippen LogP contribution in [0.25, 0.3) is 0 Å². The second-order valence-electron chi connectivity index (χ2n) is 3.07. The third-order valence-corrected chi connectivity index (χ3v) is 8.03. The van der Waals surface area contributed by atoms with Crippen LogP contribution in [-0.2, 0) is 26.9 Å². The minimum absolute atomic E-state index is 0. The molecule has 0 amide bonds. The van der Waals surface area contributed by atoms with E-state index in [0.29, 0.717) is 13.3 Å². The van der Waals surface area contributed by atoms with E-state index in [4.69, 9.17) is 0 Å². The van der Waals surface area contributed by atoms with Gasteiger partial charge in [-0.05, 0) is 0 Å². The third-order valence-electron chi connectivity index (χ3n) is 0.892. The first-order chi connectivity index (χ1) is 7.12. The zero-order valence-electron chi connectivity index (χ0n) is 8.58. The Balaban J connectivity index is 0. The van der Waals surface area contributed by atoms with Crippen molar-refractivity contribution in [1.82, 2.24) is 0 Å². The van der Waals surface area contributed by atoms with Crippen molar-refractivity contribution in [3.63, 3.8) is 0 Å². The summed E-state index contributed by atoms with van der Waals surface area (Å²) in [7, 11) is -20.0. The number of hydrogen-bond donors (Lipinski definition) is 0. The molecule has 4 atom stereocenters. The van der Waals surface area contributed by atoms with Crippen molar-refractivity contribution in [3.8, 4) is 0 Å². The van der Waals surface area contributed by atoms with E-state index in [-0.39, 0.29) is 7.43 Å². The minimum atomic E-state index is -5.31. The minimum Gasteiger partial charge on any atom is -0.778 e. The standard InChI is InChI=1S/C3H12O10P4.CH4/c1-14(4,5)12-16(8,9)3-17(10,11)13-15(2,6)7;/h3H2,1-2H3,(H,4,5)(H,6,7)(H,8,9)(H,10,11);1H4/p-4. The molecule has 0 aromatic rings. The van der Waals surface area contributed by atoms with Crippen molar-refractivity contribution in [2.24, 2.45) is 0 Å². The maximum Gasteiger partial charge on any atom is 0.149 e. The van der Waals surface area contributed by atoms with Gasteiger partial charge in [0.2, 0.25) is 0 Å². The molecule has 0 N–H and O–H groups in total. The Bertz CT molecular complexity index is 414. The van der Waals surface area contributed by atoms with Crippen LogP contribution in [0.5, 0.6) is 0 Å². The Morgan fingerprint density at radius 1 is 0.778 bits per heavy atom. The van der Waals surface area contributed by atoms with Gasteiger partial charge in [0.1, 0.15) is 30.4 Å². The van der Waals surface area contributed by atoms with Gasteiger partial charge in [-0.2, -0.15) is 0 Å². The summed E-state index contributed by atoms with van der Waals surface area (Å²) >= 11 is 0. The Labute approximate surface area is 104 Å². The van der Waals surface area contributed by atoms with Crippen molar-refractivity contribution in [3.05, 3.63) is 0 Å². The van der Waals surface area contributed by atoms with Crippen LogP contribution in [0.3, 0.4) is 0 Å². The molecule has 4 unspecified atom stereocenters. The molecule has 0 bridgehead atoms. The summed E-state index contributed by atoms with van der Waals surface area (Å²) in [6.45, 7) is 0.818. The lowest BCUT2D eigenvalue weighted by molar-refractivity contribution is -0.216. The molecule has 0 radical (unpaired) electrons. The van der Waals surface area contributed by atoms with Gasteiger partial charge in [0.25, 0.3) is 0 Å². The topological polar surface area (TPSA) is 179 Å². The van der Waals surface area contributed by atoms with Gasteiger partial charge in [0.15, 0.2) is 0 Å².